The second-order valence-corrected chi connectivity index (χ2v) is 11.5. The molecule has 0 aliphatic heterocycles. The number of sulfonamides is 1. The Bertz CT molecular complexity index is 1730. The molecule has 0 bridgehead atoms. The first kappa shape index (κ1) is 26.4. The van der Waals surface area contributed by atoms with E-state index in [1.165, 1.54) is 6.07 Å². The van der Waals surface area contributed by atoms with Crippen molar-refractivity contribution >= 4 is 21.7 Å². The molecule has 2 heterocycles. The monoisotopic (exact) mass is 543 g/mol. The maximum atomic E-state index is 13.4. The van der Waals surface area contributed by atoms with Crippen molar-refractivity contribution in [3.05, 3.63) is 93.5 Å². The lowest BCUT2D eigenvalue weighted by Gasteiger charge is -2.15. The Balaban J connectivity index is 1.53. The van der Waals surface area contributed by atoms with Gasteiger partial charge in [-0.3, -0.25) is 4.79 Å². The van der Waals surface area contributed by atoms with Crippen LogP contribution >= 0.6 is 0 Å². The molecule has 1 aliphatic carbocycles. The average Bonchev–Trinajstić information content (AvgIpc) is 3.31. The van der Waals surface area contributed by atoms with Crippen LogP contribution < -0.4 is 4.72 Å². The van der Waals surface area contributed by atoms with Gasteiger partial charge in [0, 0.05) is 29.7 Å². The Hall–Kier alpha value is -4.23. The predicted molar refractivity (Wildman–Crippen MR) is 147 cm³/mol. The summed E-state index contributed by atoms with van der Waals surface area (Å²) in [5, 5.41) is 3.83. The molecule has 2 aromatic carbocycles. The van der Waals surface area contributed by atoms with E-state index in [-0.39, 0.29) is 23.1 Å². The Morgan fingerprint density at radius 3 is 2.59 bits per heavy atom. The number of Topliss-reactive ketones (excluding diaryl/α,β-unsaturated/α-hetero) is 1. The van der Waals surface area contributed by atoms with E-state index in [1.807, 2.05) is 29.7 Å². The highest BCUT2D eigenvalue weighted by atomic mass is 32.2. The first-order chi connectivity index (χ1) is 18.7. The lowest BCUT2D eigenvalue weighted by molar-refractivity contribution is 0.0973. The van der Waals surface area contributed by atoms with Gasteiger partial charge < -0.3 is 13.9 Å². The first-order valence-electron chi connectivity index (χ1n) is 12.8. The molecule has 9 nitrogen and oxygen atoms in total. The van der Waals surface area contributed by atoms with Gasteiger partial charge in [0.25, 0.3) is 10.0 Å². The molecule has 200 valence electrons. The number of ketones is 1. The van der Waals surface area contributed by atoms with Crippen molar-refractivity contribution in [3.63, 3.8) is 0 Å². The normalized spacial score (nSPS) is 13.5. The van der Waals surface area contributed by atoms with Gasteiger partial charge in [0.2, 0.25) is 12.4 Å². The van der Waals surface area contributed by atoms with E-state index in [1.54, 1.807) is 32.0 Å². The molecule has 1 aliphatic rings. The predicted octanol–water partition coefficient (Wildman–Crippen LogP) is 5.64. The number of benzene rings is 2. The van der Waals surface area contributed by atoms with Gasteiger partial charge in [-0.1, -0.05) is 35.5 Å². The van der Waals surface area contributed by atoms with Crippen LogP contribution in [0.1, 0.15) is 63.7 Å². The van der Waals surface area contributed by atoms with E-state index < -0.39 is 10.0 Å². The van der Waals surface area contributed by atoms with Gasteiger partial charge in [-0.15, -0.1) is 0 Å². The summed E-state index contributed by atoms with van der Waals surface area (Å²) in [5.74, 6) is 0.972. The molecule has 4 aromatic rings. The minimum Gasteiger partial charge on any atom is -0.337 e. The zero-order valence-electron chi connectivity index (χ0n) is 22.1. The van der Waals surface area contributed by atoms with E-state index in [4.69, 9.17) is 11.1 Å². The van der Waals surface area contributed by atoms with Crippen molar-refractivity contribution in [2.24, 2.45) is 0 Å². The lowest BCUT2D eigenvalue weighted by atomic mass is 9.97. The average molecular weight is 544 g/mol. The molecular formula is C29H29N5O4S. The van der Waals surface area contributed by atoms with Crippen LogP contribution in [0, 0.1) is 27.3 Å². The van der Waals surface area contributed by atoms with Gasteiger partial charge >= 0.3 is 0 Å². The summed E-state index contributed by atoms with van der Waals surface area (Å²) in [6.45, 7) is 13.4. The molecular weight excluding hydrogens is 514 g/mol. The number of hydrogen-bond acceptors (Lipinski definition) is 6. The molecule has 39 heavy (non-hydrogen) atoms. The summed E-state index contributed by atoms with van der Waals surface area (Å²) in [5.41, 5.74) is 5.49. The number of anilines is 1. The van der Waals surface area contributed by atoms with Gasteiger partial charge in [-0.25, -0.2) is 24.7 Å². The molecule has 0 spiro atoms. The highest BCUT2D eigenvalue weighted by Gasteiger charge is 2.26. The summed E-state index contributed by atoms with van der Waals surface area (Å²) in [6, 6.07) is 12.4. The smallest absolute Gasteiger partial charge is 0.264 e. The standard InChI is InChI=1S/C29H29N5O4S/c1-18-19(2)32-38-29(18)33-39(36,37)27-12-8-5-9-24(27)23-14-13-21(15-22(23)16-30-4)17-34-20(3)31-25-10-6-7-11-26(35)28(25)34/h5,8-9,12-15,33H,6-7,10-11,16-17H2,1-3H3. The second-order valence-electron chi connectivity index (χ2n) is 9.80. The number of fused-ring (bicyclic) bond motifs is 1. The summed E-state index contributed by atoms with van der Waals surface area (Å²) < 4.78 is 36.5. The van der Waals surface area contributed by atoms with Gasteiger partial charge in [-0.2, -0.15) is 0 Å². The Kier molecular flexibility index (Phi) is 7.10. The highest BCUT2D eigenvalue weighted by Crippen LogP contribution is 2.33. The molecule has 1 N–H and O–H groups in total. The zero-order valence-corrected chi connectivity index (χ0v) is 22.9. The zero-order chi connectivity index (χ0) is 27.7. The topological polar surface area (TPSA) is 111 Å². The molecule has 0 unspecified atom stereocenters. The van der Waals surface area contributed by atoms with Crippen LogP contribution in [0.25, 0.3) is 16.0 Å². The fraction of sp³-hybridized carbons (Fsp3) is 0.310. The maximum absolute atomic E-state index is 13.4. The van der Waals surface area contributed by atoms with Crippen LogP contribution in [0.4, 0.5) is 5.88 Å². The highest BCUT2D eigenvalue weighted by molar-refractivity contribution is 7.92. The van der Waals surface area contributed by atoms with E-state index in [0.29, 0.717) is 46.6 Å². The summed E-state index contributed by atoms with van der Waals surface area (Å²) in [4.78, 5) is 21.2. The third-order valence-electron chi connectivity index (χ3n) is 7.17. The number of imidazole rings is 1. The SMILES string of the molecule is [C-]#[N+]Cc1cc(Cn2c(C)nc3c2C(=O)CCCC3)ccc1-c1ccccc1S(=O)(=O)Nc1onc(C)c1C. The van der Waals surface area contributed by atoms with Gasteiger partial charge in [0.05, 0.1) is 16.3 Å². The summed E-state index contributed by atoms with van der Waals surface area (Å²) in [6.07, 6.45) is 3.13. The van der Waals surface area contributed by atoms with Crippen LogP contribution in [0.2, 0.25) is 0 Å². The van der Waals surface area contributed by atoms with Crippen molar-refractivity contribution in [2.45, 2.75) is 64.4 Å². The van der Waals surface area contributed by atoms with E-state index in [2.05, 4.69) is 19.7 Å². The minimum atomic E-state index is -4.02. The van der Waals surface area contributed by atoms with Crippen LogP contribution in [0.3, 0.4) is 0 Å². The molecule has 0 atom stereocenters. The van der Waals surface area contributed by atoms with Crippen LogP contribution in [0.15, 0.2) is 51.9 Å². The second kappa shape index (κ2) is 10.5. The number of carbonyl (C=O) groups excluding carboxylic acids is 1. The lowest BCUT2D eigenvalue weighted by Crippen LogP contribution is -2.14. The molecule has 10 heteroatoms. The molecule has 0 amide bonds. The van der Waals surface area contributed by atoms with E-state index in [9.17, 15) is 13.2 Å². The number of carbonyl (C=O) groups is 1. The van der Waals surface area contributed by atoms with Gasteiger partial charge in [-0.05, 0) is 63.3 Å². The number of rotatable bonds is 7. The minimum absolute atomic E-state index is 0.0683. The van der Waals surface area contributed by atoms with Crippen LogP contribution in [-0.2, 0) is 29.5 Å². The van der Waals surface area contributed by atoms with Gasteiger partial charge in [0.1, 0.15) is 11.5 Å². The van der Waals surface area contributed by atoms with E-state index >= 15 is 0 Å². The van der Waals surface area contributed by atoms with E-state index in [0.717, 1.165) is 36.3 Å². The number of aromatic nitrogens is 3. The number of hydrogen-bond donors (Lipinski definition) is 1. The third kappa shape index (κ3) is 5.10. The molecule has 0 saturated heterocycles. The van der Waals surface area contributed by atoms with Crippen molar-refractivity contribution in [3.8, 4) is 11.1 Å². The first-order valence-corrected chi connectivity index (χ1v) is 14.3. The largest absolute Gasteiger partial charge is 0.337 e. The molecule has 5 rings (SSSR count). The number of nitrogens with zero attached hydrogens (tertiary/aromatic N) is 4. The van der Waals surface area contributed by atoms with Gasteiger partial charge in [0.15, 0.2) is 5.78 Å². The van der Waals surface area contributed by atoms with Crippen molar-refractivity contribution in [1.29, 1.82) is 0 Å². The molecule has 0 saturated carbocycles. The Labute approximate surface area is 227 Å². The van der Waals surface area contributed by atoms with Crippen LogP contribution in [0.5, 0.6) is 0 Å². The van der Waals surface area contributed by atoms with Crippen LogP contribution in [-0.4, -0.2) is 28.9 Å². The third-order valence-corrected chi connectivity index (χ3v) is 8.56. The van der Waals surface area contributed by atoms with Crippen molar-refractivity contribution in [2.75, 3.05) is 4.72 Å². The molecule has 2 aromatic heterocycles. The Morgan fingerprint density at radius 2 is 1.85 bits per heavy atom. The van der Waals surface area contributed by atoms with Crippen molar-refractivity contribution < 1.29 is 17.7 Å². The number of nitrogens with one attached hydrogen (secondary N) is 1. The number of aryl methyl sites for hydroxylation is 3. The quantitative estimate of drug-likeness (QED) is 0.238. The summed E-state index contributed by atoms with van der Waals surface area (Å²) >= 11 is 0. The maximum Gasteiger partial charge on any atom is 0.264 e. The molecule has 0 fully saturated rings. The van der Waals surface area contributed by atoms with Crippen molar-refractivity contribution in [1.82, 2.24) is 14.7 Å². The fourth-order valence-electron chi connectivity index (χ4n) is 5.02. The fourth-order valence-corrected chi connectivity index (χ4v) is 6.29. The summed E-state index contributed by atoms with van der Waals surface area (Å²) in [7, 11) is -4.02. The Morgan fingerprint density at radius 1 is 1.08 bits per heavy atom. The molecule has 0 radical (unpaired) electrons.